The van der Waals surface area contributed by atoms with Gasteiger partial charge in [-0.05, 0) is 42.3 Å². The Hall–Kier alpha value is -1.68. The van der Waals surface area contributed by atoms with Crippen LogP contribution in [0.25, 0.3) is 0 Å². The van der Waals surface area contributed by atoms with Crippen LogP contribution in [0.4, 0.5) is 0 Å². The number of pyridine rings is 1. The summed E-state index contributed by atoms with van der Waals surface area (Å²) in [5.41, 5.74) is 0.632. The van der Waals surface area contributed by atoms with Crippen molar-refractivity contribution in [3.63, 3.8) is 0 Å². The fourth-order valence-electron chi connectivity index (χ4n) is 2.90. The average molecular weight is 286 g/mol. The fraction of sp³-hybridized carbons (Fsp3) is 0.375. The Bertz CT molecular complexity index is 547. The van der Waals surface area contributed by atoms with E-state index in [4.69, 9.17) is 0 Å². The molecule has 2 aromatic heterocycles. The number of aromatic nitrogens is 1. The van der Waals surface area contributed by atoms with Gasteiger partial charge in [-0.15, -0.1) is 11.3 Å². The van der Waals surface area contributed by atoms with Crippen molar-refractivity contribution < 1.29 is 4.79 Å². The zero-order valence-corrected chi connectivity index (χ0v) is 12.1. The first-order chi connectivity index (χ1) is 9.84. The quantitative estimate of drug-likeness (QED) is 0.928. The molecular formula is C16H18N2OS. The number of hydrogen-bond donors (Lipinski definition) is 1. The van der Waals surface area contributed by atoms with E-state index >= 15 is 0 Å². The van der Waals surface area contributed by atoms with Crippen molar-refractivity contribution in [2.24, 2.45) is 5.92 Å². The third-order valence-corrected chi connectivity index (χ3v) is 4.89. The minimum absolute atomic E-state index is 0.0246. The molecule has 20 heavy (non-hydrogen) atoms. The van der Waals surface area contributed by atoms with Gasteiger partial charge in [0.05, 0.1) is 11.6 Å². The summed E-state index contributed by atoms with van der Waals surface area (Å²) in [6.45, 7) is 0. The summed E-state index contributed by atoms with van der Waals surface area (Å²) < 4.78 is 0. The van der Waals surface area contributed by atoms with Gasteiger partial charge in [0.1, 0.15) is 0 Å². The van der Waals surface area contributed by atoms with Crippen LogP contribution in [-0.4, -0.2) is 10.9 Å². The molecule has 3 nitrogen and oxygen atoms in total. The second-order valence-corrected chi connectivity index (χ2v) is 6.23. The second kappa shape index (κ2) is 6.18. The Morgan fingerprint density at radius 2 is 2.15 bits per heavy atom. The Morgan fingerprint density at radius 3 is 2.80 bits per heavy atom. The molecule has 1 aliphatic rings. The predicted octanol–water partition coefficient (Wildman–Crippen LogP) is 3.80. The first-order valence-electron chi connectivity index (χ1n) is 7.09. The summed E-state index contributed by atoms with van der Waals surface area (Å²) in [5, 5.41) is 5.29. The van der Waals surface area contributed by atoms with Gasteiger partial charge in [-0.1, -0.05) is 18.9 Å². The Morgan fingerprint density at radius 1 is 1.30 bits per heavy atom. The molecule has 0 bridgehead atoms. The highest BCUT2D eigenvalue weighted by Crippen LogP contribution is 2.37. The van der Waals surface area contributed by atoms with Crippen LogP contribution in [-0.2, 0) is 0 Å². The van der Waals surface area contributed by atoms with Crippen molar-refractivity contribution >= 4 is 17.2 Å². The second-order valence-electron chi connectivity index (χ2n) is 5.25. The molecule has 0 saturated heterocycles. The number of hydrogen-bond acceptors (Lipinski definition) is 3. The summed E-state index contributed by atoms with van der Waals surface area (Å²) in [6, 6.07) is 7.92. The Kier molecular flexibility index (Phi) is 4.11. The molecule has 1 atom stereocenters. The molecular weight excluding hydrogens is 268 g/mol. The Balaban J connectivity index is 1.78. The van der Waals surface area contributed by atoms with E-state index in [1.54, 1.807) is 29.8 Å². The summed E-state index contributed by atoms with van der Waals surface area (Å²) in [6.07, 6.45) is 8.26. The molecule has 1 N–H and O–H groups in total. The van der Waals surface area contributed by atoms with Crippen LogP contribution in [0.1, 0.15) is 47.0 Å². The number of amides is 1. The van der Waals surface area contributed by atoms with E-state index in [-0.39, 0.29) is 11.9 Å². The molecule has 4 heteroatoms. The van der Waals surface area contributed by atoms with Gasteiger partial charge >= 0.3 is 0 Å². The lowest BCUT2D eigenvalue weighted by Gasteiger charge is -2.23. The van der Waals surface area contributed by atoms with Crippen LogP contribution in [0.5, 0.6) is 0 Å². The van der Waals surface area contributed by atoms with Crippen LogP contribution in [0.15, 0.2) is 42.0 Å². The van der Waals surface area contributed by atoms with Crippen molar-refractivity contribution in [3.8, 4) is 0 Å². The molecule has 0 radical (unpaired) electrons. The molecule has 2 heterocycles. The van der Waals surface area contributed by atoms with E-state index in [0.717, 1.165) is 0 Å². The molecule has 104 valence electrons. The van der Waals surface area contributed by atoms with Gasteiger partial charge in [0.2, 0.25) is 0 Å². The molecule has 3 rings (SSSR count). The van der Waals surface area contributed by atoms with Gasteiger partial charge in [-0.25, -0.2) is 0 Å². The number of carbonyl (C=O) groups is 1. The molecule has 1 amide bonds. The van der Waals surface area contributed by atoms with Crippen LogP contribution < -0.4 is 5.32 Å². The summed E-state index contributed by atoms with van der Waals surface area (Å²) in [4.78, 5) is 17.6. The molecule has 1 unspecified atom stereocenters. The van der Waals surface area contributed by atoms with Crippen LogP contribution in [0.3, 0.4) is 0 Å². The zero-order valence-electron chi connectivity index (χ0n) is 11.3. The van der Waals surface area contributed by atoms with Gasteiger partial charge in [0, 0.05) is 17.3 Å². The molecule has 0 aliphatic heterocycles. The van der Waals surface area contributed by atoms with Gasteiger partial charge in [0.15, 0.2) is 0 Å². The van der Waals surface area contributed by atoms with Crippen molar-refractivity contribution in [3.05, 3.63) is 52.5 Å². The van der Waals surface area contributed by atoms with Gasteiger partial charge in [-0.2, -0.15) is 0 Å². The third-order valence-electron chi connectivity index (χ3n) is 3.93. The van der Waals surface area contributed by atoms with E-state index in [2.05, 4.69) is 27.8 Å². The van der Waals surface area contributed by atoms with E-state index in [9.17, 15) is 4.79 Å². The standard InChI is InChI=1S/C16H18N2OS/c19-16(13-7-3-9-17-11-13)18-15(12-5-1-2-6-12)14-8-4-10-20-14/h3-4,7-12,15H,1-2,5-6H2,(H,18,19). The lowest BCUT2D eigenvalue weighted by molar-refractivity contribution is 0.0922. The molecule has 1 saturated carbocycles. The van der Waals surface area contributed by atoms with Crippen LogP contribution in [0, 0.1) is 5.92 Å². The largest absolute Gasteiger partial charge is 0.344 e. The number of thiophene rings is 1. The van der Waals surface area contributed by atoms with Crippen molar-refractivity contribution in [1.82, 2.24) is 10.3 Å². The van der Waals surface area contributed by atoms with Crippen LogP contribution in [0.2, 0.25) is 0 Å². The highest BCUT2D eigenvalue weighted by molar-refractivity contribution is 7.10. The fourth-order valence-corrected chi connectivity index (χ4v) is 3.77. The number of nitrogens with zero attached hydrogens (tertiary/aromatic N) is 1. The predicted molar refractivity (Wildman–Crippen MR) is 80.7 cm³/mol. The molecule has 1 fully saturated rings. The summed E-state index contributed by atoms with van der Waals surface area (Å²) in [5.74, 6) is 0.540. The monoisotopic (exact) mass is 286 g/mol. The van der Waals surface area contributed by atoms with Gasteiger partial charge < -0.3 is 5.32 Å². The van der Waals surface area contributed by atoms with Gasteiger partial charge in [-0.3, -0.25) is 9.78 Å². The summed E-state index contributed by atoms with van der Waals surface area (Å²) in [7, 11) is 0. The van der Waals surface area contributed by atoms with E-state index < -0.39 is 0 Å². The molecule has 0 aromatic carbocycles. The normalized spacial score (nSPS) is 17.0. The molecule has 0 spiro atoms. The Labute approximate surface area is 123 Å². The van der Waals surface area contributed by atoms with Crippen molar-refractivity contribution in [1.29, 1.82) is 0 Å². The number of rotatable bonds is 4. The maximum atomic E-state index is 12.4. The highest BCUT2D eigenvalue weighted by Gasteiger charge is 2.28. The average Bonchev–Trinajstić information content (AvgIpc) is 3.19. The van der Waals surface area contributed by atoms with Crippen LogP contribution >= 0.6 is 11.3 Å². The number of nitrogens with one attached hydrogen (secondary N) is 1. The first kappa shape index (κ1) is 13.3. The maximum absolute atomic E-state index is 12.4. The topological polar surface area (TPSA) is 42.0 Å². The lowest BCUT2D eigenvalue weighted by atomic mass is 9.96. The highest BCUT2D eigenvalue weighted by atomic mass is 32.1. The zero-order chi connectivity index (χ0) is 13.8. The van der Waals surface area contributed by atoms with E-state index in [1.807, 2.05) is 6.07 Å². The number of carbonyl (C=O) groups excluding carboxylic acids is 1. The smallest absolute Gasteiger partial charge is 0.253 e. The molecule has 1 aliphatic carbocycles. The van der Waals surface area contributed by atoms with Crippen molar-refractivity contribution in [2.75, 3.05) is 0 Å². The van der Waals surface area contributed by atoms with Gasteiger partial charge in [0.25, 0.3) is 5.91 Å². The third kappa shape index (κ3) is 2.90. The maximum Gasteiger partial charge on any atom is 0.253 e. The first-order valence-corrected chi connectivity index (χ1v) is 7.97. The SMILES string of the molecule is O=C(NC(c1cccs1)C1CCCC1)c1cccnc1. The van der Waals surface area contributed by atoms with Crippen molar-refractivity contribution in [2.45, 2.75) is 31.7 Å². The minimum atomic E-state index is -0.0246. The van der Waals surface area contributed by atoms with E-state index in [0.29, 0.717) is 11.5 Å². The minimum Gasteiger partial charge on any atom is -0.344 e. The lowest BCUT2D eigenvalue weighted by Crippen LogP contribution is -2.32. The van der Waals surface area contributed by atoms with E-state index in [1.165, 1.54) is 30.6 Å². The molecule has 2 aromatic rings. The summed E-state index contributed by atoms with van der Waals surface area (Å²) >= 11 is 1.72.